The van der Waals surface area contributed by atoms with Crippen molar-refractivity contribution in [2.24, 2.45) is 0 Å². The molecule has 1 aliphatic rings. The molecule has 1 saturated heterocycles. The molecular formula is C31H37ClN4O3. The van der Waals surface area contributed by atoms with E-state index in [2.05, 4.69) is 48.2 Å². The number of halogens is 1. The summed E-state index contributed by atoms with van der Waals surface area (Å²) >= 11 is 5.90. The number of carbonyl (C=O) groups excluding carboxylic acids is 2. The van der Waals surface area contributed by atoms with Crippen LogP contribution < -0.4 is 15.4 Å². The summed E-state index contributed by atoms with van der Waals surface area (Å²) in [7, 11) is 0. The number of anilines is 2. The van der Waals surface area contributed by atoms with Gasteiger partial charge in [0.1, 0.15) is 17.7 Å². The Labute approximate surface area is 235 Å². The van der Waals surface area contributed by atoms with Crippen molar-refractivity contribution >= 4 is 34.9 Å². The SMILES string of the molecule is CCCN1CCC(Oc2cc(C(C)(C)C)ccc2C(=O)Nc2ccccc2C(=O)Nc2ccc(Cl)cn2)CC1. The zero-order valence-electron chi connectivity index (χ0n) is 23.1. The van der Waals surface area contributed by atoms with Gasteiger partial charge in [0.25, 0.3) is 11.8 Å². The van der Waals surface area contributed by atoms with Crippen LogP contribution in [0.15, 0.2) is 60.8 Å². The van der Waals surface area contributed by atoms with Gasteiger partial charge in [-0.15, -0.1) is 0 Å². The molecule has 206 valence electrons. The van der Waals surface area contributed by atoms with E-state index in [4.69, 9.17) is 16.3 Å². The fourth-order valence-corrected chi connectivity index (χ4v) is 4.75. The summed E-state index contributed by atoms with van der Waals surface area (Å²) < 4.78 is 6.49. The third kappa shape index (κ3) is 7.58. The molecule has 2 heterocycles. The second-order valence-corrected chi connectivity index (χ2v) is 11.4. The van der Waals surface area contributed by atoms with Crippen LogP contribution in [0.3, 0.4) is 0 Å². The van der Waals surface area contributed by atoms with Gasteiger partial charge in [0.05, 0.1) is 21.8 Å². The van der Waals surface area contributed by atoms with Crippen molar-refractivity contribution in [3.63, 3.8) is 0 Å². The van der Waals surface area contributed by atoms with Gasteiger partial charge in [0.15, 0.2) is 0 Å². The number of hydrogen-bond acceptors (Lipinski definition) is 5. The summed E-state index contributed by atoms with van der Waals surface area (Å²) in [5, 5.41) is 6.16. The van der Waals surface area contributed by atoms with Gasteiger partial charge in [-0.1, -0.05) is 57.5 Å². The highest BCUT2D eigenvalue weighted by atomic mass is 35.5. The van der Waals surface area contributed by atoms with E-state index in [-0.39, 0.29) is 23.3 Å². The van der Waals surface area contributed by atoms with Gasteiger partial charge in [-0.2, -0.15) is 0 Å². The summed E-state index contributed by atoms with van der Waals surface area (Å²) in [6.45, 7) is 11.7. The Hall–Kier alpha value is -3.42. The number of nitrogens with zero attached hydrogens (tertiary/aromatic N) is 2. The maximum absolute atomic E-state index is 13.6. The third-order valence-electron chi connectivity index (χ3n) is 6.85. The Morgan fingerprint density at radius 1 is 1.00 bits per heavy atom. The second-order valence-electron chi connectivity index (χ2n) is 10.9. The molecule has 2 aromatic carbocycles. The smallest absolute Gasteiger partial charge is 0.259 e. The molecular weight excluding hydrogens is 512 g/mol. The molecule has 4 rings (SSSR count). The number of ether oxygens (including phenoxy) is 1. The van der Waals surface area contributed by atoms with Gasteiger partial charge in [-0.3, -0.25) is 9.59 Å². The van der Waals surface area contributed by atoms with Crippen molar-refractivity contribution in [2.45, 2.75) is 58.5 Å². The molecule has 0 bridgehead atoms. The number of para-hydroxylation sites is 1. The van der Waals surface area contributed by atoms with Gasteiger partial charge in [0.2, 0.25) is 0 Å². The fourth-order valence-electron chi connectivity index (χ4n) is 4.63. The molecule has 2 amide bonds. The fraction of sp³-hybridized carbons (Fsp3) is 0.387. The first kappa shape index (κ1) is 28.6. The van der Waals surface area contributed by atoms with Gasteiger partial charge >= 0.3 is 0 Å². The van der Waals surface area contributed by atoms with E-state index in [0.29, 0.717) is 33.4 Å². The number of hydrogen-bond donors (Lipinski definition) is 2. The van der Waals surface area contributed by atoms with E-state index in [1.165, 1.54) is 6.20 Å². The normalized spacial score (nSPS) is 14.6. The van der Waals surface area contributed by atoms with Crippen LogP contribution in [0.4, 0.5) is 11.5 Å². The quantitative estimate of drug-likeness (QED) is 0.324. The largest absolute Gasteiger partial charge is 0.489 e. The molecule has 0 radical (unpaired) electrons. The topological polar surface area (TPSA) is 83.6 Å². The molecule has 2 N–H and O–H groups in total. The number of pyridine rings is 1. The number of piperidine rings is 1. The van der Waals surface area contributed by atoms with Crippen LogP contribution >= 0.6 is 11.6 Å². The molecule has 1 fully saturated rings. The van der Waals surface area contributed by atoms with Crippen LogP contribution in [0.25, 0.3) is 0 Å². The first-order valence-corrected chi connectivity index (χ1v) is 13.9. The Morgan fingerprint density at radius 2 is 1.72 bits per heavy atom. The lowest BCUT2D eigenvalue weighted by Gasteiger charge is -2.32. The number of benzene rings is 2. The molecule has 1 aliphatic heterocycles. The molecule has 0 aliphatic carbocycles. The molecule has 0 atom stereocenters. The van der Waals surface area contributed by atoms with E-state index in [9.17, 15) is 9.59 Å². The Kier molecular flexibility index (Phi) is 9.25. The van der Waals surface area contributed by atoms with E-state index in [1.807, 2.05) is 18.2 Å². The molecule has 0 saturated carbocycles. The standard InChI is InChI=1S/C31H37ClN4O3/c1-5-16-36-17-14-23(15-18-36)39-27-19-21(31(2,3)4)10-12-25(27)30(38)34-26-9-7-6-8-24(26)29(37)35-28-13-11-22(32)20-33-28/h6-13,19-20,23H,5,14-18H2,1-4H3,(H,34,38)(H,33,35,37). The average Bonchev–Trinajstić information content (AvgIpc) is 2.91. The number of rotatable bonds is 8. The van der Waals surface area contributed by atoms with Gasteiger partial charge in [0, 0.05) is 19.3 Å². The average molecular weight is 549 g/mol. The van der Waals surface area contributed by atoms with Crippen molar-refractivity contribution in [3.8, 4) is 5.75 Å². The van der Waals surface area contributed by atoms with Crippen LogP contribution in [-0.4, -0.2) is 47.4 Å². The minimum Gasteiger partial charge on any atom is -0.489 e. The molecule has 1 aromatic heterocycles. The highest BCUT2D eigenvalue weighted by molar-refractivity contribution is 6.30. The minimum atomic E-state index is -0.390. The third-order valence-corrected chi connectivity index (χ3v) is 7.07. The first-order chi connectivity index (χ1) is 18.6. The van der Waals surface area contributed by atoms with Crippen LogP contribution in [-0.2, 0) is 5.41 Å². The van der Waals surface area contributed by atoms with Crippen LogP contribution in [0.2, 0.25) is 5.02 Å². The lowest BCUT2D eigenvalue weighted by atomic mass is 9.86. The molecule has 7 nitrogen and oxygen atoms in total. The Morgan fingerprint density at radius 3 is 2.38 bits per heavy atom. The van der Waals surface area contributed by atoms with Crippen molar-refractivity contribution in [2.75, 3.05) is 30.3 Å². The summed E-state index contributed by atoms with van der Waals surface area (Å²) in [6, 6.07) is 15.9. The highest BCUT2D eigenvalue weighted by Gasteiger charge is 2.25. The summed E-state index contributed by atoms with van der Waals surface area (Å²) in [6.07, 6.45) is 4.48. The lowest BCUT2D eigenvalue weighted by Crippen LogP contribution is -2.38. The maximum Gasteiger partial charge on any atom is 0.259 e. The molecule has 8 heteroatoms. The van der Waals surface area contributed by atoms with E-state index in [1.54, 1.807) is 36.4 Å². The van der Waals surface area contributed by atoms with Gasteiger partial charge < -0.3 is 20.3 Å². The van der Waals surface area contributed by atoms with E-state index >= 15 is 0 Å². The molecule has 0 spiro atoms. The van der Waals surface area contributed by atoms with E-state index in [0.717, 1.165) is 44.5 Å². The highest BCUT2D eigenvalue weighted by Crippen LogP contribution is 2.31. The predicted molar refractivity (Wildman–Crippen MR) is 157 cm³/mol. The minimum absolute atomic E-state index is 0.0461. The number of carbonyl (C=O) groups is 2. The predicted octanol–water partition coefficient (Wildman–Crippen LogP) is 6.79. The Bertz CT molecular complexity index is 1300. The van der Waals surface area contributed by atoms with Gasteiger partial charge in [-0.25, -0.2) is 4.98 Å². The van der Waals surface area contributed by atoms with Crippen LogP contribution in [0, 0.1) is 0 Å². The monoisotopic (exact) mass is 548 g/mol. The zero-order valence-corrected chi connectivity index (χ0v) is 23.8. The first-order valence-electron chi connectivity index (χ1n) is 13.5. The van der Waals surface area contributed by atoms with Crippen LogP contribution in [0.1, 0.15) is 73.2 Å². The number of amides is 2. The van der Waals surface area contributed by atoms with E-state index < -0.39 is 0 Å². The molecule has 3 aromatic rings. The van der Waals surface area contributed by atoms with Crippen molar-refractivity contribution in [1.82, 2.24) is 9.88 Å². The van der Waals surface area contributed by atoms with Crippen molar-refractivity contribution < 1.29 is 14.3 Å². The summed E-state index contributed by atoms with van der Waals surface area (Å²) in [5.74, 6) is 0.211. The summed E-state index contributed by atoms with van der Waals surface area (Å²) in [4.78, 5) is 33.2. The number of nitrogens with one attached hydrogen (secondary N) is 2. The lowest BCUT2D eigenvalue weighted by molar-refractivity contribution is 0.0947. The maximum atomic E-state index is 13.6. The van der Waals surface area contributed by atoms with Crippen molar-refractivity contribution in [1.29, 1.82) is 0 Å². The second kappa shape index (κ2) is 12.6. The van der Waals surface area contributed by atoms with Crippen LogP contribution in [0.5, 0.6) is 5.75 Å². The zero-order chi connectivity index (χ0) is 28.0. The molecule has 0 unspecified atom stereocenters. The van der Waals surface area contributed by atoms with Gasteiger partial charge in [-0.05, 0) is 73.2 Å². The number of likely N-dealkylation sites (tertiary alicyclic amines) is 1. The molecule has 39 heavy (non-hydrogen) atoms. The Balaban J connectivity index is 1.55. The summed E-state index contributed by atoms with van der Waals surface area (Å²) in [5.41, 5.74) is 2.14. The number of aromatic nitrogens is 1. The van der Waals surface area contributed by atoms with Crippen molar-refractivity contribution in [3.05, 3.63) is 82.5 Å².